The minimum Gasteiger partial charge on any atom is -0.457 e. The summed E-state index contributed by atoms with van der Waals surface area (Å²) in [5.41, 5.74) is 1.36. The first-order chi connectivity index (χ1) is 20.2. The molecule has 224 valence electrons. The van der Waals surface area contributed by atoms with Crippen LogP contribution in [0, 0.1) is 0 Å². The number of rotatable bonds is 12. The molecule has 0 unspecified atom stereocenters. The number of hydrogen-bond acceptors (Lipinski definition) is 6. The molecule has 1 saturated heterocycles. The van der Waals surface area contributed by atoms with Crippen molar-refractivity contribution in [3.63, 3.8) is 0 Å². The van der Waals surface area contributed by atoms with E-state index in [1.807, 2.05) is 30.3 Å². The van der Waals surface area contributed by atoms with Crippen molar-refractivity contribution < 1.29 is 37.0 Å². The third-order valence-electron chi connectivity index (χ3n) is 6.36. The van der Waals surface area contributed by atoms with Gasteiger partial charge in [0.25, 0.3) is 0 Å². The Morgan fingerprint density at radius 3 is 2.14 bits per heavy atom. The van der Waals surface area contributed by atoms with Gasteiger partial charge in [-0.2, -0.15) is 0 Å². The number of alkyl halides is 3. The second-order valence-corrected chi connectivity index (χ2v) is 9.59. The van der Waals surface area contributed by atoms with Crippen molar-refractivity contribution >= 4 is 17.6 Å². The molecule has 9 nitrogen and oxygen atoms in total. The van der Waals surface area contributed by atoms with E-state index in [-0.39, 0.29) is 11.7 Å². The van der Waals surface area contributed by atoms with Gasteiger partial charge in [0.1, 0.15) is 23.3 Å². The molecule has 0 saturated carbocycles. The van der Waals surface area contributed by atoms with Gasteiger partial charge < -0.3 is 30.2 Å². The van der Waals surface area contributed by atoms with Crippen molar-refractivity contribution in [1.82, 2.24) is 15.5 Å². The Morgan fingerprint density at radius 1 is 0.881 bits per heavy atom. The fraction of sp³-hybridized carbons (Fsp3) is 0.333. The maximum Gasteiger partial charge on any atom is 0.573 e. The van der Waals surface area contributed by atoms with Crippen molar-refractivity contribution in [3.05, 3.63) is 84.4 Å². The molecule has 0 spiro atoms. The van der Waals surface area contributed by atoms with E-state index in [9.17, 15) is 22.8 Å². The van der Waals surface area contributed by atoms with Crippen LogP contribution in [0.3, 0.4) is 0 Å². The van der Waals surface area contributed by atoms with E-state index in [1.54, 1.807) is 24.3 Å². The Bertz CT molecular complexity index is 1270. The highest BCUT2D eigenvalue weighted by atomic mass is 19.4. The number of ether oxygens (including phenoxy) is 3. The number of nitrogens with one attached hydrogen (secondary N) is 3. The molecule has 4 rings (SSSR count). The largest absolute Gasteiger partial charge is 0.573 e. The number of urea groups is 1. The number of anilines is 1. The molecule has 3 aromatic carbocycles. The van der Waals surface area contributed by atoms with Crippen molar-refractivity contribution in [2.75, 3.05) is 44.7 Å². The first kappa shape index (κ1) is 30.7. The lowest BCUT2D eigenvalue weighted by molar-refractivity contribution is -0.274. The third kappa shape index (κ3) is 10.6. The van der Waals surface area contributed by atoms with E-state index < -0.39 is 18.4 Å². The Labute approximate surface area is 241 Å². The molecule has 1 fully saturated rings. The monoisotopic (exact) mass is 586 g/mol. The Morgan fingerprint density at radius 2 is 1.50 bits per heavy atom. The van der Waals surface area contributed by atoms with Gasteiger partial charge in [0, 0.05) is 31.7 Å². The van der Waals surface area contributed by atoms with Crippen LogP contribution in [0.5, 0.6) is 17.2 Å². The maximum atomic E-state index is 13.0. The van der Waals surface area contributed by atoms with Crippen LogP contribution < -0.4 is 25.4 Å². The SMILES string of the molecule is O=C(Nc1ccc(Oc2ccc(OC(F)(F)F)cc2)cc1)N[C@H](Cc1ccccc1)C(=O)NCCCN1CCOCC1. The van der Waals surface area contributed by atoms with Gasteiger partial charge in [-0.25, -0.2) is 4.79 Å². The second kappa shape index (κ2) is 15.1. The highest BCUT2D eigenvalue weighted by molar-refractivity contribution is 5.93. The number of carbonyl (C=O) groups is 2. The van der Waals surface area contributed by atoms with Crippen LogP contribution >= 0.6 is 0 Å². The number of carbonyl (C=O) groups excluding carboxylic acids is 2. The van der Waals surface area contributed by atoms with Gasteiger partial charge in [-0.05, 0) is 67.1 Å². The van der Waals surface area contributed by atoms with Crippen molar-refractivity contribution in [1.29, 1.82) is 0 Å². The molecule has 42 heavy (non-hydrogen) atoms. The molecule has 0 aliphatic carbocycles. The highest BCUT2D eigenvalue weighted by Crippen LogP contribution is 2.28. The highest BCUT2D eigenvalue weighted by Gasteiger charge is 2.31. The van der Waals surface area contributed by atoms with Crippen LogP contribution in [0.4, 0.5) is 23.7 Å². The zero-order chi connectivity index (χ0) is 29.8. The van der Waals surface area contributed by atoms with E-state index in [0.717, 1.165) is 57.0 Å². The van der Waals surface area contributed by atoms with Gasteiger partial charge in [-0.15, -0.1) is 13.2 Å². The molecule has 3 N–H and O–H groups in total. The van der Waals surface area contributed by atoms with E-state index in [0.29, 0.717) is 30.2 Å². The fourth-order valence-corrected chi connectivity index (χ4v) is 4.30. The molecular weight excluding hydrogens is 553 g/mol. The second-order valence-electron chi connectivity index (χ2n) is 9.59. The van der Waals surface area contributed by atoms with E-state index in [2.05, 4.69) is 25.6 Å². The topological polar surface area (TPSA) is 101 Å². The summed E-state index contributed by atoms with van der Waals surface area (Å²) in [7, 11) is 0. The van der Waals surface area contributed by atoms with Crippen LogP contribution in [0.1, 0.15) is 12.0 Å². The van der Waals surface area contributed by atoms with Crippen LogP contribution in [-0.2, 0) is 16.0 Å². The molecule has 3 amide bonds. The number of morpholine rings is 1. The van der Waals surface area contributed by atoms with Gasteiger partial charge >= 0.3 is 12.4 Å². The average molecular weight is 587 g/mol. The smallest absolute Gasteiger partial charge is 0.457 e. The van der Waals surface area contributed by atoms with Gasteiger partial charge in [0.05, 0.1) is 13.2 Å². The van der Waals surface area contributed by atoms with Crippen LogP contribution in [-0.4, -0.2) is 68.6 Å². The number of hydrogen-bond donors (Lipinski definition) is 3. The molecule has 1 aliphatic heterocycles. The molecular formula is C30H33F3N4O5. The Hall–Kier alpha value is -4.29. The molecule has 1 heterocycles. The van der Waals surface area contributed by atoms with Gasteiger partial charge in [0.2, 0.25) is 5.91 Å². The first-order valence-corrected chi connectivity index (χ1v) is 13.6. The van der Waals surface area contributed by atoms with Crippen molar-refractivity contribution in [2.45, 2.75) is 25.2 Å². The van der Waals surface area contributed by atoms with E-state index >= 15 is 0 Å². The summed E-state index contributed by atoms with van der Waals surface area (Å²) in [6, 6.07) is 19.5. The standard InChI is InChI=1S/C30H33F3N4O5/c31-30(32,33)42-26-13-11-25(12-14-26)41-24-9-7-23(8-10-24)35-29(39)36-27(21-22-5-2-1-3-6-22)28(38)34-15-4-16-37-17-19-40-20-18-37/h1-3,5-14,27H,4,15-21H2,(H,34,38)(H2,35,36,39)/t27-/m1/s1. The summed E-state index contributed by atoms with van der Waals surface area (Å²) in [6.45, 7) is 4.56. The summed E-state index contributed by atoms with van der Waals surface area (Å²) in [5.74, 6) is 0.0885. The molecule has 3 aromatic rings. The summed E-state index contributed by atoms with van der Waals surface area (Å²) in [4.78, 5) is 28.1. The number of nitrogens with zero attached hydrogens (tertiary/aromatic N) is 1. The number of halogens is 3. The predicted octanol–water partition coefficient (Wildman–Crippen LogP) is 4.95. The number of benzene rings is 3. The Kier molecular flexibility index (Phi) is 11.0. The van der Waals surface area contributed by atoms with Gasteiger partial charge in [0.15, 0.2) is 0 Å². The molecule has 0 aromatic heterocycles. The zero-order valence-corrected chi connectivity index (χ0v) is 22.9. The lowest BCUT2D eigenvalue weighted by atomic mass is 10.1. The van der Waals surface area contributed by atoms with E-state index in [1.165, 1.54) is 12.1 Å². The van der Waals surface area contributed by atoms with E-state index in [4.69, 9.17) is 9.47 Å². The normalized spacial score (nSPS) is 14.5. The molecule has 0 bridgehead atoms. The van der Waals surface area contributed by atoms with Gasteiger partial charge in [-0.3, -0.25) is 9.69 Å². The summed E-state index contributed by atoms with van der Waals surface area (Å²) in [5, 5.41) is 8.42. The van der Waals surface area contributed by atoms with Gasteiger partial charge in [-0.1, -0.05) is 30.3 Å². The third-order valence-corrected chi connectivity index (χ3v) is 6.36. The van der Waals surface area contributed by atoms with Crippen LogP contribution in [0.25, 0.3) is 0 Å². The summed E-state index contributed by atoms with van der Waals surface area (Å²) < 4.78 is 51.9. The Balaban J connectivity index is 1.28. The zero-order valence-electron chi connectivity index (χ0n) is 22.9. The van der Waals surface area contributed by atoms with Crippen molar-refractivity contribution in [2.24, 2.45) is 0 Å². The quantitative estimate of drug-likeness (QED) is 0.260. The molecule has 1 atom stereocenters. The summed E-state index contributed by atoms with van der Waals surface area (Å²) in [6.07, 6.45) is -3.66. The molecule has 1 aliphatic rings. The maximum absolute atomic E-state index is 13.0. The molecule has 0 radical (unpaired) electrons. The van der Waals surface area contributed by atoms with Crippen molar-refractivity contribution in [3.8, 4) is 17.2 Å². The first-order valence-electron chi connectivity index (χ1n) is 13.6. The fourth-order valence-electron chi connectivity index (χ4n) is 4.30. The average Bonchev–Trinajstić information content (AvgIpc) is 2.97. The predicted molar refractivity (Wildman–Crippen MR) is 151 cm³/mol. The minimum atomic E-state index is -4.77. The molecule has 12 heteroatoms. The van der Waals surface area contributed by atoms with Crippen LogP contribution in [0.15, 0.2) is 78.9 Å². The lowest BCUT2D eigenvalue weighted by Crippen LogP contribution is -2.49. The summed E-state index contributed by atoms with van der Waals surface area (Å²) >= 11 is 0. The number of amides is 3. The lowest BCUT2D eigenvalue weighted by Gasteiger charge is -2.26. The minimum absolute atomic E-state index is 0.272. The van der Waals surface area contributed by atoms with Crippen LogP contribution in [0.2, 0.25) is 0 Å².